The van der Waals surface area contributed by atoms with Crippen molar-refractivity contribution in [1.82, 2.24) is 30.8 Å². The van der Waals surface area contributed by atoms with Crippen LogP contribution in [0.15, 0.2) is 48.9 Å². The smallest absolute Gasteiger partial charge is 0.407 e. The van der Waals surface area contributed by atoms with Crippen LogP contribution in [0.3, 0.4) is 0 Å². The molecule has 1 saturated heterocycles. The molecule has 1 aliphatic heterocycles. The van der Waals surface area contributed by atoms with Crippen LogP contribution in [0.25, 0.3) is 21.9 Å². The maximum atomic E-state index is 12.2. The highest BCUT2D eigenvalue weighted by Gasteiger charge is 2.19. The summed E-state index contributed by atoms with van der Waals surface area (Å²) in [5.41, 5.74) is 2.75. The lowest BCUT2D eigenvalue weighted by Gasteiger charge is -2.15. The van der Waals surface area contributed by atoms with E-state index in [4.69, 9.17) is 4.74 Å². The van der Waals surface area contributed by atoms with Crippen molar-refractivity contribution in [2.75, 3.05) is 38.1 Å². The van der Waals surface area contributed by atoms with E-state index in [1.165, 1.54) is 0 Å². The highest BCUT2D eigenvalue weighted by atomic mass is 35.5. The molecule has 3 heterocycles. The summed E-state index contributed by atoms with van der Waals surface area (Å²) in [7, 11) is 0. The van der Waals surface area contributed by atoms with E-state index >= 15 is 0 Å². The van der Waals surface area contributed by atoms with Gasteiger partial charge in [0.05, 0.1) is 6.54 Å². The van der Waals surface area contributed by atoms with Crippen LogP contribution in [0.5, 0.6) is 0 Å². The number of amides is 5. The lowest BCUT2D eigenvalue weighted by atomic mass is 9.96. The number of carbonyl (C=O) groups is 3. The van der Waals surface area contributed by atoms with E-state index in [2.05, 4.69) is 31.2 Å². The minimum Gasteiger partial charge on any atom is -0.448 e. The van der Waals surface area contributed by atoms with Crippen LogP contribution < -0.4 is 21.3 Å². The number of hydrogen-bond donors (Lipinski definition) is 4. The van der Waals surface area contributed by atoms with Gasteiger partial charge in [0.2, 0.25) is 0 Å². The molecule has 0 saturated carbocycles. The van der Waals surface area contributed by atoms with Crippen LogP contribution in [0.2, 0.25) is 0 Å². The molecule has 1 aliphatic rings. The first-order valence-electron chi connectivity index (χ1n) is 11.4. The molecule has 3 aromatic rings. The zero-order chi connectivity index (χ0) is 24.6. The van der Waals surface area contributed by atoms with Crippen LogP contribution in [0, 0.1) is 0 Å². The predicted molar refractivity (Wildman–Crippen MR) is 138 cm³/mol. The Morgan fingerprint density at radius 1 is 1.14 bits per heavy atom. The molecule has 0 atom stereocenters. The van der Waals surface area contributed by atoms with Gasteiger partial charge in [0.25, 0.3) is 0 Å². The Labute approximate surface area is 214 Å². The van der Waals surface area contributed by atoms with E-state index in [1.807, 2.05) is 37.3 Å². The zero-order valence-electron chi connectivity index (χ0n) is 19.7. The van der Waals surface area contributed by atoms with Crippen LogP contribution in [0.1, 0.15) is 12.5 Å². The fourth-order valence-corrected chi connectivity index (χ4v) is 3.82. The van der Waals surface area contributed by atoms with Crippen LogP contribution in [0.4, 0.5) is 20.2 Å². The molecule has 0 unspecified atom stereocenters. The summed E-state index contributed by atoms with van der Waals surface area (Å²) in [5.74, 6) is 0.411. The molecule has 190 valence electrons. The number of hydrogen-bond acceptors (Lipinski definition) is 6. The van der Waals surface area contributed by atoms with Gasteiger partial charge in [-0.15, -0.1) is 12.4 Å². The van der Waals surface area contributed by atoms with Crippen LogP contribution >= 0.6 is 12.4 Å². The minimum atomic E-state index is -0.571. The number of ether oxygens (including phenoxy) is 1. The van der Waals surface area contributed by atoms with Gasteiger partial charge in [-0.05, 0) is 47.2 Å². The van der Waals surface area contributed by atoms with Gasteiger partial charge in [-0.25, -0.2) is 19.4 Å². The minimum absolute atomic E-state index is 0. The molecule has 0 spiro atoms. The molecular weight excluding hydrogens is 486 g/mol. The van der Waals surface area contributed by atoms with Crippen molar-refractivity contribution in [2.45, 2.75) is 13.5 Å². The largest absolute Gasteiger partial charge is 0.448 e. The number of benzene rings is 1. The maximum absolute atomic E-state index is 12.2. The SMILES string of the molecule is CCNC(=O)Nc1cc2c(-c3ccncc3)ccc(CNC(=O)OCCN3CCNC3=O)c2cn1.Cl. The van der Waals surface area contributed by atoms with Gasteiger partial charge in [-0.3, -0.25) is 10.3 Å². The standard InChI is InChI=1S/C24H27N7O4.ClH/c1-2-26-22(32)30-21-13-19-18(16-5-7-25-8-6-16)4-3-17(20(19)15-28-21)14-29-24(34)35-12-11-31-10-9-27-23(31)33;/h3-8,13,15H,2,9-12,14H2,1H3,(H,27,33)(H,29,34)(H2,26,28,30,32);1H. The number of nitrogens with zero attached hydrogens (tertiary/aromatic N) is 3. The van der Waals surface area contributed by atoms with Gasteiger partial charge >= 0.3 is 18.2 Å². The highest BCUT2D eigenvalue weighted by molar-refractivity contribution is 6.00. The first-order valence-corrected chi connectivity index (χ1v) is 11.4. The highest BCUT2D eigenvalue weighted by Crippen LogP contribution is 2.31. The Hall–Kier alpha value is -4.12. The fourth-order valence-electron chi connectivity index (χ4n) is 3.82. The van der Waals surface area contributed by atoms with Crippen LogP contribution in [-0.4, -0.2) is 65.8 Å². The summed E-state index contributed by atoms with van der Waals surface area (Å²) >= 11 is 0. The third kappa shape index (κ3) is 6.51. The molecule has 4 N–H and O–H groups in total. The quantitative estimate of drug-likeness (QED) is 0.365. The number of aromatic nitrogens is 2. The second-order valence-corrected chi connectivity index (χ2v) is 7.82. The van der Waals surface area contributed by atoms with E-state index in [9.17, 15) is 14.4 Å². The number of urea groups is 2. The molecule has 1 fully saturated rings. The first-order chi connectivity index (χ1) is 17.0. The third-order valence-corrected chi connectivity index (χ3v) is 5.52. The van der Waals surface area contributed by atoms with Gasteiger partial charge in [0, 0.05) is 50.2 Å². The average Bonchev–Trinajstić information content (AvgIpc) is 3.27. The first kappa shape index (κ1) is 26.5. The average molecular weight is 514 g/mol. The van der Waals surface area contributed by atoms with Crippen molar-refractivity contribution in [3.8, 4) is 11.1 Å². The Bertz CT molecular complexity index is 1230. The van der Waals surface area contributed by atoms with Gasteiger partial charge in [0.15, 0.2) is 0 Å². The molecule has 12 heteroatoms. The van der Waals surface area contributed by atoms with Crippen LogP contribution in [-0.2, 0) is 11.3 Å². The second kappa shape index (κ2) is 12.5. The summed E-state index contributed by atoms with van der Waals surface area (Å²) in [6.45, 7) is 4.21. The molecule has 1 aromatic carbocycles. The van der Waals surface area contributed by atoms with Gasteiger partial charge < -0.3 is 25.6 Å². The van der Waals surface area contributed by atoms with Crippen molar-refractivity contribution in [3.05, 3.63) is 54.5 Å². The van der Waals surface area contributed by atoms with Gasteiger partial charge in [-0.1, -0.05) is 12.1 Å². The van der Waals surface area contributed by atoms with Gasteiger partial charge in [-0.2, -0.15) is 0 Å². The normalized spacial score (nSPS) is 12.5. The number of rotatable bonds is 8. The molecule has 2 aromatic heterocycles. The molecule has 5 amide bonds. The summed E-state index contributed by atoms with van der Waals surface area (Å²) < 4.78 is 5.22. The fraction of sp³-hybridized carbons (Fsp3) is 0.292. The Balaban J connectivity index is 0.00000361. The van der Waals surface area contributed by atoms with E-state index in [0.717, 1.165) is 27.5 Å². The summed E-state index contributed by atoms with van der Waals surface area (Å²) in [4.78, 5) is 45.8. The number of carbonyl (C=O) groups excluding carboxylic acids is 3. The summed E-state index contributed by atoms with van der Waals surface area (Å²) in [6, 6.07) is 9.01. The predicted octanol–water partition coefficient (Wildman–Crippen LogP) is 3.11. The lowest BCUT2D eigenvalue weighted by molar-refractivity contribution is 0.134. The van der Waals surface area contributed by atoms with Crippen molar-refractivity contribution < 1.29 is 19.1 Å². The van der Waals surface area contributed by atoms with Crippen molar-refractivity contribution in [1.29, 1.82) is 0 Å². The molecular formula is C24H28ClN7O4. The molecule has 0 aliphatic carbocycles. The van der Waals surface area contributed by atoms with Crippen molar-refractivity contribution >= 4 is 47.2 Å². The van der Waals surface area contributed by atoms with E-state index in [0.29, 0.717) is 32.0 Å². The summed E-state index contributed by atoms with van der Waals surface area (Å²) in [5, 5.41) is 12.6. The second-order valence-electron chi connectivity index (χ2n) is 7.82. The number of halogens is 1. The third-order valence-electron chi connectivity index (χ3n) is 5.52. The van der Waals surface area contributed by atoms with E-state index < -0.39 is 6.09 Å². The number of fused-ring (bicyclic) bond motifs is 1. The van der Waals surface area contributed by atoms with E-state index in [1.54, 1.807) is 23.5 Å². The zero-order valence-corrected chi connectivity index (χ0v) is 20.6. The number of nitrogens with one attached hydrogen (secondary N) is 4. The summed E-state index contributed by atoms with van der Waals surface area (Å²) in [6.07, 6.45) is 4.54. The number of anilines is 1. The van der Waals surface area contributed by atoms with E-state index in [-0.39, 0.29) is 37.6 Å². The lowest BCUT2D eigenvalue weighted by Crippen LogP contribution is -2.33. The molecule has 11 nitrogen and oxygen atoms in total. The molecule has 4 rings (SSSR count). The molecule has 36 heavy (non-hydrogen) atoms. The molecule has 0 bridgehead atoms. The van der Waals surface area contributed by atoms with Crippen molar-refractivity contribution in [3.63, 3.8) is 0 Å². The Kier molecular flexibility index (Phi) is 9.23. The number of pyridine rings is 2. The van der Waals surface area contributed by atoms with Crippen molar-refractivity contribution in [2.24, 2.45) is 0 Å². The Morgan fingerprint density at radius 2 is 1.94 bits per heavy atom. The molecule has 0 radical (unpaired) electrons. The number of alkyl carbamates (subject to hydrolysis) is 1. The topological polar surface area (TPSA) is 138 Å². The maximum Gasteiger partial charge on any atom is 0.407 e. The monoisotopic (exact) mass is 513 g/mol. The van der Waals surface area contributed by atoms with Gasteiger partial charge in [0.1, 0.15) is 12.4 Å². The Morgan fingerprint density at radius 3 is 2.67 bits per heavy atom.